The molecule has 0 spiro atoms. The van der Waals surface area contributed by atoms with Crippen LogP contribution in [-0.2, 0) is 0 Å². The van der Waals surface area contributed by atoms with Crippen LogP contribution in [0.15, 0.2) is 27.4 Å². The Labute approximate surface area is 108 Å². The van der Waals surface area contributed by atoms with Crippen molar-refractivity contribution in [1.82, 2.24) is 9.36 Å². The van der Waals surface area contributed by atoms with Gasteiger partial charge in [-0.05, 0) is 45.7 Å². The van der Waals surface area contributed by atoms with Gasteiger partial charge in [-0.3, -0.25) is 0 Å². The van der Waals surface area contributed by atoms with Crippen molar-refractivity contribution < 1.29 is 4.74 Å². The van der Waals surface area contributed by atoms with E-state index in [4.69, 9.17) is 4.74 Å². The molecule has 0 saturated carbocycles. The number of aromatic nitrogens is 2. The van der Waals surface area contributed by atoms with Crippen molar-refractivity contribution in [2.45, 2.75) is 0 Å². The summed E-state index contributed by atoms with van der Waals surface area (Å²) in [5.41, 5.74) is 0.948. The maximum absolute atomic E-state index is 5.28. The molecule has 0 N–H and O–H groups in total. The highest BCUT2D eigenvalue weighted by atomic mass is 79.9. The number of ether oxygens (including phenoxy) is 1. The van der Waals surface area contributed by atoms with Crippen LogP contribution in [0.3, 0.4) is 0 Å². The largest absolute Gasteiger partial charge is 0.496 e. The second-order valence-electron chi connectivity index (χ2n) is 2.71. The Morgan fingerprint density at radius 1 is 1.33 bits per heavy atom. The van der Waals surface area contributed by atoms with Gasteiger partial charge in [-0.1, -0.05) is 15.9 Å². The standard InChI is InChI=1S/C9H6Br2N2OS/c1-14-7-4-5(10)2-3-6(7)8-12-9(11)13-15-8/h2-4H,1H3. The molecule has 0 atom stereocenters. The van der Waals surface area contributed by atoms with Gasteiger partial charge in [-0.2, -0.15) is 4.37 Å². The number of nitrogens with zero attached hydrogens (tertiary/aromatic N) is 2. The smallest absolute Gasteiger partial charge is 0.209 e. The normalized spacial score (nSPS) is 10.3. The Balaban J connectivity index is 2.52. The minimum atomic E-state index is 0.604. The first-order chi connectivity index (χ1) is 7.20. The summed E-state index contributed by atoms with van der Waals surface area (Å²) in [7, 11) is 1.64. The molecule has 0 saturated heterocycles. The fraction of sp³-hybridized carbons (Fsp3) is 0.111. The first kappa shape index (κ1) is 11.0. The maximum atomic E-state index is 5.28. The molecular formula is C9H6Br2N2OS. The lowest BCUT2D eigenvalue weighted by atomic mass is 10.2. The first-order valence-electron chi connectivity index (χ1n) is 4.04. The third-order valence-corrected chi connectivity index (χ3v) is 3.63. The van der Waals surface area contributed by atoms with Gasteiger partial charge in [0.25, 0.3) is 0 Å². The zero-order valence-corrected chi connectivity index (χ0v) is 11.7. The number of benzene rings is 1. The van der Waals surface area contributed by atoms with Crippen LogP contribution < -0.4 is 4.74 Å². The average molecular weight is 350 g/mol. The fourth-order valence-corrected chi connectivity index (χ4v) is 2.61. The Morgan fingerprint density at radius 2 is 2.13 bits per heavy atom. The Hall–Kier alpha value is -0.460. The van der Waals surface area contributed by atoms with E-state index in [1.165, 1.54) is 11.5 Å². The highest BCUT2D eigenvalue weighted by molar-refractivity contribution is 9.10. The van der Waals surface area contributed by atoms with Crippen molar-refractivity contribution >= 4 is 43.4 Å². The minimum absolute atomic E-state index is 0.604. The van der Waals surface area contributed by atoms with Crippen LogP contribution in [-0.4, -0.2) is 16.5 Å². The predicted molar refractivity (Wildman–Crippen MR) is 67.3 cm³/mol. The molecule has 0 aliphatic heterocycles. The van der Waals surface area contributed by atoms with Gasteiger partial charge < -0.3 is 4.74 Å². The summed E-state index contributed by atoms with van der Waals surface area (Å²) in [4.78, 5) is 4.25. The maximum Gasteiger partial charge on any atom is 0.209 e. The lowest BCUT2D eigenvalue weighted by Crippen LogP contribution is -1.87. The molecule has 0 radical (unpaired) electrons. The molecule has 1 heterocycles. The van der Waals surface area contributed by atoms with Gasteiger partial charge in [0.2, 0.25) is 4.73 Å². The molecule has 2 aromatic rings. The molecule has 0 aliphatic carbocycles. The number of hydrogen-bond acceptors (Lipinski definition) is 4. The second-order valence-corrected chi connectivity index (χ2v) is 5.09. The van der Waals surface area contributed by atoms with E-state index in [9.17, 15) is 0 Å². The van der Waals surface area contributed by atoms with E-state index in [0.29, 0.717) is 4.73 Å². The van der Waals surface area contributed by atoms with Crippen molar-refractivity contribution in [3.8, 4) is 16.3 Å². The van der Waals surface area contributed by atoms with Crippen molar-refractivity contribution in [3.63, 3.8) is 0 Å². The molecule has 0 bridgehead atoms. The monoisotopic (exact) mass is 348 g/mol. The summed E-state index contributed by atoms with van der Waals surface area (Å²) in [6.07, 6.45) is 0. The van der Waals surface area contributed by atoms with E-state index in [2.05, 4.69) is 41.2 Å². The molecule has 6 heteroatoms. The average Bonchev–Trinajstić information content (AvgIpc) is 2.64. The van der Waals surface area contributed by atoms with Crippen LogP contribution in [0.2, 0.25) is 0 Å². The molecule has 0 fully saturated rings. The predicted octanol–water partition coefficient (Wildman–Crippen LogP) is 3.74. The van der Waals surface area contributed by atoms with Crippen LogP contribution in [0, 0.1) is 0 Å². The van der Waals surface area contributed by atoms with E-state index in [1.807, 2.05) is 18.2 Å². The molecule has 15 heavy (non-hydrogen) atoms. The first-order valence-corrected chi connectivity index (χ1v) is 6.40. The lowest BCUT2D eigenvalue weighted by Gasteiger charge is -2.05. The number of methoxy groups -OCH3 is 1. The van der Waals surface area contributed by atoms with Crippen molar-refractivity contribution in [3.05, 3.63) is 27.4 Å². The van der Waals surface area contributed by atoms with E-state index in [1.54, 1.807) is 7.11 Å². The Kier molecular flexibility index (Phi) is 3.38. The molecular weight excluding hydrogens is 344 g/mol. The topological polar surface area (TPSA) is 35.0 Å². The van der Waals surface area contributed by atoms with Gasteiger partial charge in [0.1, 0.15) is 10.8 Å². The summed E-state index contributed by atoms with van der Waals surface area (Å²) in [5.74, 6) is 0.785. The van der Waals surface area contributed by atoms with Crippen molar-refractivity contribution in [2.75, 3.05) is 7.11 Å². The Morgan fingerprint density at radius 3 is 2.73 bits per heavy atom. The molecule has 0 aliphatic rings. The Bertz CT molecular complexity index is 487. The van der Waals surface area contributed by atoms with E-state index in [0.717, 1.165) is 20.8 Å². The summed E-state index contributed by atoms with van der Waals surface area (Å²) < 4.78 is 10.9. The van der Waals surface area contributed by atoms with Crippen LogP contribution in [0.25, 0.3) is 10.6 Å². The van der Waals surface area contributed by atoms with Crippen LogP contribution in [0.5, 0.6) is 5.75 Å². The minimum Gasteiger partial charge on any atom is -0.496 e. The van der Waals surface area contributed by atoms with Crippen LogP contribution >= 0.6 is 43.4 Å². The third-order valence-electron chi connectivity index (χ3n) is 1.80. The van der Waals surface area contributed by atoms with Gasteiger partial charge in [0, 0.05) is 4.47 Å². The van der Waals surface area contributed by atoms with E-state index < -0.39 is 0 Å². The fourth-order valence-electron chi connectivity index (χ4n) is 1.16. The van der Waals surface area contributed by atoms with Gasteiger partial charge in [-0.15, -0.1) is 0 Å². The van der Waals surface area contributed by atoms with Gasteiger partial charge in [0.05, 0.1) is 12.7 Å². The van der Waals surface area contributed by atoms with Gasteiger partial charge in [0.15, 0.2) is 0 Å². The molecule has 3 nitrogen and oxygen atoms in total. The van der Waals surface area contributed by atoms with Gasteiger partial charge in [-0.25, -0.2) is 4.98 Å². The molecule has 78 valence electrons. The van der Waals surface area contributed by atoms with Crippen molar-refractivity contribution in [1.29, 1.82) is 0 Å². The number of hydrogen-bond donors (Lipinski definition) is 0. The summed E-state index contributed by atoms with van der Waals surface area (Å²) >= 11 is 7.96. The molecule has 1 aromatic carbocycles. The zero-order chi connectivity index (χ0) is 10.8. The summed E-state index contributed by atoms with van der Waals surface area (Å²) in [6, 6.07) is 5.81. The van der Waals surface area contributed by atoms with Crippen molar-refractivity contribution in [2.24, 2.45) is 0 Å². The zero-order valence-electron chi connectivity index (χ0n) is 7.70. The van der Waals surface area contributed by atoms with E-state index in [-0.39, 0.29) is 0 Å². The SMILES string of the molecule is COc1cc(Br)ccc1-c1nc(Br)ns1. The van der Waals surface area contributed by atoms with Gasteiger partial charge >= 0.3 is 0 Å². The number of halogens is 2. The molecule has 0 amide bonds. The quantitative estimate of drug-likeness (QED) is 0.828. The van der Waals surface area contributed by atoms with E-state index >= 15 is 0 Å². The third kappa shape index (κ3) is 2.38. The van der Waals surface area contributed by atoms with Crippen LogP contribution in [0.1, 0.15) is 0 Å². The number of rotatable bonds is 2. The second kappa shape index (κ2) is 4.59. The summed E-state index contributed by atoms with van der Waals surface area (Å²) in [6.45, 7) is 0. The highest BCUT2D eigenvalue weighted by Gasteiger charge is 2.10. The highest BCUT2D eigenvalue weighted by Crippen LogP contribution is 2.33. The molecule has 1 aromatic heterocycles. The molecule has 0 unspecified atom stereocenters. The lowest BCUT2D eigenvalue weighted by molar-refractivity contribution is 0.416. The summed E-state index contributed by atoms with van der Waals surface area (Å²) in [5, 5.41) is 0.839. The molecule has 2 rings (SSSR count). The van der Waals surface area contributed by atoms with Crippen LogP contribution in [0.4, 0.5) is 0 Å².